The quantitative estimate of drug-likeness (QED) is 0.495. The van der Waals surface area contributed by atoms with E-state index in [-0.39, 0.29) is 24.3 Å². The molecule has 2 amide bonds. The summed E-state index contributed by atoms with van der Waals surface area (Å²) in [7, 11) is 0. The molecule has 1 aliphatic rings. The lowest BCUT2D eigenvalue weighted by Crippen LogP contribution is -2.52. The predicted octanol–water partition coefficient (Wildman–Crippen LogP) is 4.76. The number of rotatable bonds is 7. The van der Waals surface area contributed by atoms with E-state index in [0.29, 0.717) is 23.0 Å². The summed E-state index contributed by atoms with van der Waals surface area (Å²) < 4.78 is 0. The van der Waals surface area contributed by atoms with Crippen molar-refractivity contribution in [3.63, 3.8) is 0 Å². The summed E-state index contributed by atoms with van der Waals surface area (Å²) in [6.07, 6.45) is 1.35. The maximum Gasteiger partial charge on any atom is 0.243 e. The third-order valence-electron chi connectivity index (χ3n) is 6.19. The third kappa shape index (κ3) is 5.61. The van der Waals surface area contributed by atoms with E-state index in [9.17, 15) is 9.59 Å². The molecule has 0 aliphatic carbocycles. The van der Waals surface area contributed by atoms with Gasteiger partial charge in [-0.2, -0.15) is 0 Å². The molecule has 0 saturated carbocycles. The molecule has 1 heterocycles. The van der Waals surface area contributed by atoms with Crippen molar-refractivity contribution in [3.05, 3.63) is 106 Å². The molecule has 3 N–H and O–H groups in total. The summed E-state index contributed by atoms with van der Waals surface area (Å²) in [5.41, 5.74) is 9.34. The highest BCUT2D eigenvalue weighted by molar-refractivity contribution is 6.34. The Balaban J connectivity index is 1.50. The molecule has 7 heteroatoms. The highest BCUT2D eigenvalue weighted by Gasteiger charge is 2.39. The molecule has 1 saturated heterocycles. The van der Waals surface area contributed by atoms with Crippen molar-refractivity contribution in [2.75, 3.05) is 6.54 Å². The van der Waals surface area contributed by atoms with Crippen LogP contribution in [0.4, 0.5) is 0 Å². The highest BCUT2D eigenvalue weighted by atomic mass is 35.5. The van der Waals surface area contributed by atoms with Gasteiger partial charge < -0.3 is 16.0 Å². The number of carbonyl (C=O) groups is 2. The first-order valence-electron chi connectivity index (χ1n) is 11.3. The molecular formula is C27H27Cl2N3O2. The Hall–Kier alpha value is -2.86. The van der Waals surface area contributed by atoms with E-state index >= 15 is 0 Å². The number of nitrogens with one attached hydrogen (secondary N) is 1. The number of amides is 2. The van der Waals surface area contributed by atoms with Crippen LogP contribution in [0.1, 0.15) is 35.4 Å². The largest absolute Gasteiger partial charge is 0.350 e. The molecule has 0 spiro atoms. The fourth-order valence-corrected chi connectivity index (χ4v) is 5.16. The predicted molar refractivity (Wildman–Crippen MR) is 136 cm³/mol. The maximum absolute atomic E-state index is 13.6. The van der Waals surface area contributed by atoms with Crippen LogP contribution in [-0.2, 0) is 16.1 Å². The molecule has 2 atom stereocenters. The van der Waals surface area contributed by atoms with Crippen LogP contribution in [0, 0.1) is 0 Å². The monoisotopic (exact) mass is 495 g/mol. The van der Waals surface area contributed by atoms with Gasteiger partial charge in [0.15, 0.2) is 0 Å². The maximum atomic E-state index is 13.6. The first-order valence-corrected chi connectivity index (χ1v) is 12.1. The van der Waals surface area contributed by atoms with E-state index in [2.05, 4.69) is 5.32 Å². The van der Waals surface area contributed by atoms with Crippen LogP contribution >= 0.6 is 23.2 Å². The zero-order valence-electron chi connectivity index (χ0n) is 18.7. The normalized spacial score (nSPS) is 16.5. The van der Waals surface area contributed by atoms with E-state index in [1.165, 1.54) is 0 Å². The summed E-state index contributed by atoms with van der Waals surface area (Å²) in [4.78, 5) is 28.3. The molecule has 2 unspecified atom stereocenters. The Bertz CT molecular complexity index is 1080. The molecule has 0 aromatic heterocycles. The zero-order chi connectivity index (χ0) is 24.1. The fraction of sp³-hybridized carbons (Fsp3) is 0.259. The molecule has 5 nitrogen and oxygen atoms in total. The molecule has 1 aliphatic heterocycles. The van der Waals surface area contributed by atoms with Gasteiger partial charge in [0.2, 0.25) is 11.8 Å². The third-order valence-corrected chi connectivity index (χ3v) is 6.63. The van der Waals surface area contributed by atoms with Gasteiger partial charge in [0.25, 0.3) is 0 Å². The van der Waals surface area contributed by atoms with Gasteiger partial charge >= 0.3 is 0 Å². The number of carbonyl (C=O) groups excluding carboxylic acids is 2. The lowest BCUT2D eigenvalue weighted by Gasteiger charge is -2.31. The molecule has 176 valence electrons. The summed E-state index contributed by atoms with van der Waals surface area (Å²) in [5.74, 6) is -0.737. The van der Waals surface area contributed by atoms with Crippen LogP contribution in [0.2, 0.25) is 10.0 Å². The van der Waals surface area contributed by atoms with E-state index < -0.39 is 12.1 Å². The van der Waals surface area contributed by atoms with Crippen LogP contribution in [0.3, 0.4) is 0 Å². The Labute approximate surface area is 209 Å². The topological polar surface area (TPSA) is 75.4 Å². The van der Waals surface area contributed by atoms with Crippen molar-refractivity contribution in [1.29, 1.82) is 0 Å². The van der Waals surface area contributed by atoms with Crippen molar-refractivity contribution < 1.29 is 9.59 Å². The molecule has 4 rings (SSSR count). The van der Waals surface area contributed by atoms with Gasteiger partial charge in [-0.25, -0.2) is 0 Å². The second-order valence-electron chi connectivity index (χ2n) is 8.51. The number of nitrogens with zero attached hydrogens (tertiary/aromatic N) is 1. The molecule has 0 bridgehead atoms. The Morgan fingerprint density at radius 1 is 0.941 bits per heavy atom. The summed E-state index contributed by atoms with van der Waals surface area (Å²) in [6, 6.07) is 23.3. The standard InChI is InChI=1S/C27H27Cl2N3O2/c28-21-14-18(15-22(29)16-21)17-31-26(33)23-12-7-13-32(23)27(34)25(30)24(19-8-3-1-4-9-19)20-10-5-2-6-11-20/h1-6,8-11,14-16,23-25H,7,12-13,17,30H2,(H,31,33). The number of hydrogen-bond donors (Lipinski definition) is 2. The van der Waals surface area contributed by atoms with Crippen molar-refractivity contribution >= 4 is 35.0 Å². The average Bonchev–Trinajstić information content (AvgIpc) is 3.33. The minimum atomic E-state index is -0.815. The average molecular weight is 496 g/mol. The Morgan fingerprint density at radius 2 is 1.50 bits per heavy atom. The van der Waals surface area contributed by atoms with Crippen molar-refractivity contribution in [3.8, 4) is 0 Å². The van der Waals surface area contributed by atoms with Gasteiger partial charge in [-0.1, -0.05) is 83.9 Å². The van der Waals surface area contributed by atoms with Gasteiger partial charge in [-0.15, -0.1) is 0 Å². The molecule has 0 radical (unpaired) electrons. The first-order chi connectivity index (χ1) is 16.4. The Morgan fingerprint density at radius 3 is 2.06 bits per heavy atom. The van der Waals surface area contributed by atoms with Crippen LogP contribution in [0.25, 0.3) is 0 Å². The molecule has 1 fully saturated rings. The summed E-state index contributed by atoms with van der Waals surface area (Å²) >= 11 is 12.1. The highest BCUT2D eigenvalue weighted by Crippen LogP contribution is 2.30. The van der Waals surface area contributed by atoms with E-state index in [1.807, 2.05) is 60.7 Å². The van der Waals surface area contributed by atoms with E-state index in [1.54, 1.807) is 23.1 Å². The SMILES string of the molecule is NC(C(=O)N1CCCC1C(=O)NCc1cc(Cl)cc(Cl)c1)C(c1ccccc1)c1ccccc1. The van der Waals surface area contributed by atoms with E-state index in [4.69, 9.17) is 28.9 Å². The van der Waals surface area contributed by atoms with Crippen molar-refractivity contribution in [1.82, 2.24) is 10.2 Å². The number of benzene rings is 3. The molecule has 3 aromatic carbocycles. The lowest BCUT2D eigenvalue weighted by molar-refractivity contribution is -0.139. The number of likely N-dealkylation sites (tertiary alicyclic amines) is 1. The van der Waals surface area contributed by atoms with Crippen LogP contribution in [-0.4, -0.2) is 35.3 Å². The molecule has 3 aromatic rings. The second kappa shape index (κ2) is 11.0. The minimum Gasteiger partial charge on any atom is -0.350 e. The van der Waals surface area contributed by atoms with Gasteiger partial charge in [0, 0.05) is 29.1 Å². The zero-order valence-corrected chi connectivity index (χ0v) is 20.2. The second-order valence-corrected chi connectivity index (χ2v) is 9.38. The Kier molecular flexibility index (Phi) is 7.88. The molecular weight excluding hydrogens is 469 g/mol. The van der Waals surface area contributed by atoms with Gasteiger partial charge in [0.05, 0.1) is 6.04 Å². The first kappa shape index (κ1) is 24.3. The van der Waals surface area contributed by atoms with Gasteiger partial charge in [-0.3, -0.25) is 9.59 Å². The van der Waals surface area contributed by atoms with Gasteiger partial charge in [-0.05, 0) is 47.7 Å². The number of hydrogen-bond acceptors (Lipinski definition) is 3. The van der Waals surface area contributed by atoms with Crippen LogP contribution in [0.15, 0.2) is 78.9 Å². The minimum absolute atomic E-state index is 0.204. The summed E-state index contributed by atoms with van der Waals surface area (Å²) in [5, 5.41) is 3.94. The van der Waals surface area contributed by atoms with Crippen LogP contribution in [0.5, 0.6) is 0 Å². The number of nitrogens with two attached hydrogens (primary N) is 1. The molecule has 34 heavy (non-hydrogen) atoms. The van der Waals surface area contributed by atoms with E-state index in [0.717, 1.165) is 23.1 Å². The fourth-order valence-electron chi connectivity index (χ4n) is 4.58. The van der Waals surface area contributed by atoms with Crippen LogP contribution < -0.4 is 11.1 Å². The number of halogens is 2. The van der Waals surface area contributed by atoms with Gasteiger partial charge in [0.1, 0.15) is 6.04 Å². The summed E-state index contributed by atoms with van der Waals surface area (Å²) in [6.45, 7) is 0.782. The van der Waals surface area contributed by atoms with Crippen molar-refractivity contribution in [2.45, 2.75) is 37.4 Å². The van der Waals surface area contributed by atoms with Crippen molar-refractivity contribution in [2.24, 2.45) is 5.73 Å². The lowest BCUT2D eigenvalue weighted by atomic mass is 9.84. The smallest absolute Gasteiger partial charge is 0.243 e.